The summed E-state index contributed by atoms with van der Waals surface area (Å²) in [6.07, 6.45) is 3.68. The molecule has 0 atom stereocenters. The Kier molecular flexibility index (Phi) is 3.73. The number of nitrogens with one attached hydrogen (secondary N) is 1. The third-order valence-electron chi connectivity index (χ3n) is 2.23. The summed E-state index contributed by atoms with van der Waals surface area (Å²) in [5.74, 6) is 0.623. The van der Waals surface area contributed by atoms with Gasteiger partial charge in [0.25, 0.3) is 0 Å². The van der Waals surface area contributed by atoms with E-state index >= 15 is 0 Å². The van der Waals surface area contributed by atoms with Gasteiger partial charge in [0.05, 0.1) is 6.54 Å². The summed E-state index contributed by atoms with van der Waals surface area (Å²) < 4.78 is 6.12. The average Bonchev–Trinajstić information content (AvgIpc) is 2.69. The van der Waals surface area contributed by atoms with Gasteiger partial charge < -0.3 is 19.5 Å². The summed E-state index contributed by atoms with van der Waals surface area (Å²) in [7, 11) is 1.83. The quantitative estimate of drug-likeness (QED) is 0.648. The lowest BCUT2D eigenvalue weighted by Crippen LogP contribution is -2.49. The highest BCUT2D eigenvalue weighted by atomic mass is 32.1. The normalized spacial score (nSPS) is 18.5. The molecule has 90 valence electrons. The molecular formula is C9H11N5OS2. The van der Waals surface area contributed by atoms with E-state index < -0.39 is 0 Å². The second-order valence-electron chi connectivity index (χ2n) is 3.51. The Morgan fingerprint density at radius 3 is 3.18 bits per heavy atom. The minimum Gasteiger partial charge on any atom is -0.343 e. The molecule has 1 fully saturated rings. The van der Waals surface area contributed by atoms with Gasteiger partial charge >= 0.3 is 0 Å². The van der Waals surface area contributed by atoms with E-state index in [9.17, 15) is 0 Å². The molecule has 8 heteroatoms. The van der Waals surface area contributed by atoms with Crippen molar-refractivity contribution >= 4 is 29.5 Å². The number of rotatable bonds is 2. The molecule has 17 heavy (non-hydrogen) atoms. The van der Waals surface area contributed by atoms with E-state index in [0.717, 1.165) is 8.83 Å². The summed E-state index contributed by atoms with van der Waals surface area (Å²) in [5, 5.41) is 8.67. The molecule has 0 saturated carbocycles. The molecule has 6 nitrogen and oxygen atoms in total. The van der Waals surface area contributed by atoms with E-state index in [4.69, 9.17) is 22.2 Å². The number of hydrogen-bond donors (Lipinski definition) is 1. The predicted octanol–water partition coefficient (Wildman–Crippen LogP) is 1.32. The number of nitriles is 1. The molecular weight excluding hydrogens is 258 g/mol. The number of thiazole rings is 1. The van der Waals surface area contributed by atoms with Gasteiger partial charge in [-0.15, -0.1) is 16.3 Å². The van der Waals surface area contributed by atoms with E-state index in [1.165, 1.54) is 11.3 Å². The first-order valence-corrected chi connectivity index (χ1v) is 6.11. The van der Waals surface area contributed by atoms with Crippen molar-refractivity contribution in [3.8, 4) is 6.19 Å². The zero-order valence-electron chi connectivity index (χ0n) is 9.21. The third-order valence-corrected chi connectivity index (χ3v) is 3.41. The third kappa shape index (κ3) is 2.82. The molecule has 1 saturated heterocycles. The number of aliphatic imine (C=N–C) groups is 1. The number of guanidine groups is 1. The number of hydrogen-bond acceptors (Lipinski definition) is 5. The molecule has 0 aromatic carbocycles. The zero-order valence-corrected chi connectivity index (χ0v) is 10.8. The molecule has 0 bridgehead atoms. The molecule has 1 aliphatic rings. The van der Waals surface area contributed by atoms with Gasteiger partial charge in [0.1, 0.15) is 13.5 Å². The molecule has 1 aliphatic heterocycles. The van der Waals surface area contributed by atoms with E-state index in [-0.39, 0.29) is 0 Å². The minimum atomic E-state index is 0.426. The maximum atomic E-state index is 8.67. The zero-order chi connectivity index (χ0) is 12.3. The molecule has 0 amide bonds. The maximum absolute atomic E-state index is 8.67. The van der Waals surface area contributed by atoms with Gasteiger partial charge in [-0.1, -0.05) is 0 Å². The van der Waals surface area contributed by atoms with E-state index in [0.29, 0.717) is 26.0 Å². The van der Waals surface area contributed by atoms with Gasteiger partial charge in [-0.25, -0.2) is 0 Å². The smallest absolute Gasteiger partial charge is 0.216 e. The number of ether oxygens (including phenoxy) is 1. The summed E-state index contributed by atoms with van der Waals surface area (Å²) in [6.45, 7) is 1.50. The number of H-pyrrole nitrogens is 1. The van der Waals surface area contributed by atoms with Gasteiger partial charge in [-0.05, 0) is 12.2 Å². The molecule has 0 radical (unpaired) electrons. The van der Waals surface area contributed by atoms with Gasteiger partial charge in [0.2, 0.25) is 12.2 Å². The number of nitrogens with zero attached hydrogens (tertiary/aromatic N) is 4. The van der Waals surface area contributed by atoms with Crippen LogP contribution in [0, 0.1) is 15.4 Å². The Morgan fingerprint density at radius 1 is 1.71 bits per heavy atom. The van der Waals surface area contributed by atoms with E-state index in [1.807, 2.05) is 24.3 Å². The first-order chi connectivity index (χ1) is 8.20. The van der Waals surface area contributed by atoms with E-state index in [1.54, 1.807) is 4.90 Å². The largest absolute Gasteiger partial charge is 0.343 e. The van der Waals surface area contributed by atoms with Crippen LogP contribution in [0.1, 0.15) is 4.88 Å². The van der Waals surface area contributed by atoms with Gasteiger partial charge in [-0.2, -0.15) is 5.26 Å². The van der Waals surface area contributed by atoms with E-state index in [2.05, 4.69) is 9.98 Å². The molecule has 2 rings (SSSR count). The predicted molar refractivity (Wildman–Crippen MR) is 66.7 cm³/mol. The van der Waals surface area contributed by atoms with Crippen LogP contribution in [0.25, 0.3) is 0 Å². The van der Waals surface area contributed by atoms with Crippen LogP contribution in [0.3, 0.4) is 0 Å². The Morgan fingerprint density at radius 2 is 2.53 bits per heavy atom. The van der Waals surface area contributed by atoms with Crippen LogP contribution in [-0.2, 0) is 11.3 Å². The topological polar surface area (TPSA) is 67.7 Å². The molecule has 1 N–H and O–H groups in total. The SMILES string of the molecule is CN1COCN(Cc2c[nH]c(=S)s2)C1=NC#N. The Hall–Kier alpha value is -1.43. The van der Waals surface area contributed by atoms with Crippen molar-refractivity contribution in [1.29, 1.82) is 5.26 Å². The number of aromatic nitrogens is 1. The van der Waals surface area contributed by atoms with Crippen molar-refractivity contribution in [2.45, 2.75) is 6.54 Å². The van der Waals surface area contributed by atoms with Gasteiger partial charge in [0.15, 0.2) is 3.95 Å². The lowest BCUT2D eigenvalue weighted by molar-refractivity contribution is -0.0206. The minimum absolute atomic E-state index is 0.426. The molecule has 1 aromatic heterocycles. The molecule has 0 spiro atoms. The van der Waals surface area contributed by atoms with Crippen LogP contribution < -0.4 is 0 Å². The maximum Gasteiger partial charge on any atom is 0.216 e. The van der Waals surface area contributed by atoms with Crippen LogP contribution >= 0.6 is 23.6 Å². The van der Waals surface area contributed by atoms with Crippen molar-refractivity contribution in [1.82, 2.24) is 14.8 Å². The summed E-state index contributed by atoms with van der Waals surface area (Å²) in [6, 6.07) is 0. The molecule has 0 aliphatic carbocycles. The summed E-state index contributed by atoms with van der Waals surface area (Å²) >= 11 is 6.53. The van der Waals surface area contributed by atoms with Crippen molar-refractivity contribution in [2.75, 3.05) is 20.5 Å². The highest BCUT2D eigenvalue weighted by molar-refractivity contribution is 7.73. The van der Waals surface area contributed by atoms with Crippen molar-refractivity contribution < 1.29 is 4.74 Å². The summed E-state index contributed by atoms with van der Waals surface area (Å²) in [5.41, 5.74) is 0. The molecule has 0 unspecified atom stereocenters. The fraction of sp³-hybridized carbons (Fsp3) is 0.444. The Bertz CT molecular complexity index is 514. The van der Waals surface area contributed by atoms with Crippen molar-refractivity contribution in [3.63, 3.8) is 0 Å². The monoisotopic (exact) mass is 269 g/mol. The molecule has 2 heterocycles. The van der Waals surface area contributed by atoms with Crippen LogP contribution in [0.5, 0.6) is 0 Å². The lowest BCUT2D eigenvalue weighted by Gasteiger charge is -2.35. The standard InChI is InChI=1S/C9H11N5OS2/c1-13-5-15-6-14(8(13)12-4-10)3-7-2-11-9(16)17-7/h2H,3,5-6H2,1H3,(H,11,16). The Labute approximate surface area is 108 Å². The van der Waals surface area contributed by atoms with Crippen molar-refractivity contribution in [2.24, 2.45) is 4.99 Å². The van der Waals surface area contributed by atoms with Gasteiger partial charge in [-0.3, -0.25) is 0 Å². The number of aromatic amines is 1. The van der Waals surface area contributed by atoms with Crippen LogP contribution in [0.2, 0.25) is 0 Å². The fourth-order valence-corrected chi connectivity index (χ4v) is 2.62. The average molecular weight is 269 g/mol. The fourth-order valence-electron chi connectivity index (χ4n) is 1.55. The first kappa shape index (κ1) is 12.0. The highest BCUT2D eigenvalue weighted by Gasteiger charge is 2.22. The summed E-state index contributed by atoms with van der Waals surface area (Å²) in [4.78, 5) is 11.5. The van der Waals surface area contributed by atoms with Crippen LogP contribution in [0.4, 0.5) is 0 Å². The Balaban J connectivity index is 2.16. The second kappa shape index (κ2) is 5.27. The van der Waals surface area contributed by atoms with Gasteiger partial charge in [0, 0.05) is 18.1 Å². The van der Waals surface area contributed by atoms with Crippen LogP contribution in [-0.4, -0.2) is 41.3 Å². The first-order valence-electron chi connectivity index (χ1n) is 4.88. The lowest BCUT2D eigenvalue weighted by atomic mass is 10.4. The van der Waals surface area contributed by atoms with Crippen LogP contribution in [0.15, 0.2) is 11.2 Å². The second-order valence-corrected chi connectivity index (χ2v) is 5.32. The highest BCUT2D eigenvalue weighted by Crippen LogP contribution is 2.15. The molecule has 1 aromatic rings. The van der Waals surface area contributed by atoms with Crippen molar-refractivity contribution in [3.05, 3.63) is 15.0 Å².